The molecule has 9 heavy (non-hydrogen) atoms. The highest BCUT2D eigenvalue weighted by molar-refractivity contribution is 5.73. The number of hydrogen-bond donors (Lipinski definition) is 2. The molecule has 0 aromatic rings. The van der Waals surface area contributed by atoms with E-state index in [-0.39, 0.29) is 6.10 Å². The van der Waals surface area contributed by atoms with Gasteiger partial charge in [0.25, 0.3) is 0 Å². The molecular formula is C5H9NO3. The van der Waals surface area contributed by atoms with Crippen LogP contribution in [-0.2, 0) is 9.53 Å². The lowest BCUT2D eigenvalue weighted by molar-refractivity contribution is -0.138. The molecule has 2 atom stereocenters. The summed E-state index contributed by atoms with van der Waals surface area (Å²) in [5.74, 6) is -0.953. The molecule has 1 unspecified atom stereocenters. The first-order chi connectivity index (χ1) is 4.20. The van der Waals surface area contributed by atoms with Gasteiger partial charge in [-0.25, -0.2) is 0 Å². The second-order valence-corrected chi connectivity index (χ2v) is 2.14. The van der Waals surface area contributed by atoms with E-state index in [0.717, 1.165) is 0 Å². The van der Waals surface area contributed by atoms with E-state index >= 15 is 0 Å². The van der Waals surface area contributed by atoms with Gasteiger partial charge in [0.1, 0.15) is 6.04 Å². The van der Waals surface area contributed by atoms with Crippen molar-refractivity contribution in [2.45, 2.75) is 18.6 Å². The predicted molar refractivity (Wildman–Crippen MR) is 30.0 cm³/mol. The van der Waals surface area contributed by atoms with Gasteiger partial charge in [-0.2, -0.15) is 0 Å². The molecule has 0 spiro atoms. The quantitative estimate of drug-likeness (QED) is 0.491. The molecule has 4 nitrogen and oxygen atoms in total. The molecule has 0 aromatic heterocycles. The first-order valence-electron chi connectivity index (χ1n) is 2.80. The Hall–Kier alpha value is -0.610. The number of hydrogen-bond acceptors (Lipinski definition) is 3. The third kappa shape index (κ3) is 1.99. The van der Waals surface area contributed by atoms with Crippen LogP contribution in [0.3, 0.4) is 0 Å². The first-order valence-corrected chi connectivity index (χ1v) is 2.80. The van der Waals surface area contributed by atoms with Crippen molar-refractivity contribution in [1.29, 1.82) is 0 Å². The lowest BCUT2D eigenvalue weighted by Gasteiger charge is -2.00. The van der Waals surface area contributed by atoms with Crippen molar-refractivity contribution in [3.63, 3.8) is 0 Å². The van der Waals surface area contributed by atoms with E-state index in [4.69, 9.17) is 15.6 Å². The molecule has 0 bridgehead atoms. The van der Waals surface area contributed by atoms with Crippen LogP contribution in [0.4, 0.5) is 0 Å². The van der Waals surface area contributed by atoms with Gasteiger partial charge in [0.2, 0.25) is 0 Å². The molecule has 1 saturated heterocycles. The molecular weight excluding hydrogens is 122 g/mol. The van der Waals surface area contributed by atoms with E-state index in [9.17, 15) is 4.79 Å². The topological polar surface area (TPSA) is 75.8 Å². The Kier molecular flexibility index (Phi) is 1.68. The molecule has 1 fully saturated rings. The van der Waals surface area contributed by atoms with Gasteiger partial charge in [-0.3, -0.25) is 4.79 Å². The zero-order chi connectivity index (χ0) is 6.85. The van der Waals surface area contributed by atoms with Crippen molar-refractivity contribution < 1.29 is 14.6 Å². The van der Waals surface area contributed by atoms with Crippen LogP contribution in [0.15, 0.2) is 0 Å². The van der Waals surface area contributed by atoms with Crippen molar-refractivity contribution >= 4 is 5.97 Å². The number of nitrogens with two attached hydrogens (primary N) is 1. The third-order valence-electron chi connectivity index (χ3n) is 1.24. The maximum atomic E-state index is 10.1. The van der Waals surface area contributed by atoms with E-state index in [1.54, 1.807) is 0 Å². The van der Waals surface area contributed by atoms with Gasteiger partial charge in [-0.15, -0.1) is 0 Å². The molecule has 1 aliphatic heterocycles. The Bertz CT molecular complexity index is 121. The standard InChI is InChI=1S/C5H9NO3/c6-4(5(7)8)1-3-2-9-3/h3-4H,1-2,6H2,(H,7,8)/t3?,4-/m0/s1. The number of carboxylic acids is 1. The largest absolute Gasteiger partial charge is 0.480 e. The fourth-order valence-electron chi connectivity index (χ4n) is 0.588. The number of rotatable bonds is 3. The predicted octanol–water partition coefficient (Wildman–Crippen LogP) is -0.813. The Balaban J connectivity index is 2.16. The van der Waals surface area contributed by atoms with E-state index < -0.39 is 12.0 Å². The monoisotopic (exact) mass is 131 g/mol. The Morgan fingerprint density at radius 2 is 2.56 bits per heavy atom. The third-order valence-corrected chi connectivity index (χ3v) is 1.24. The van der Waals surface area contributed by atoms with E-state index in [1.807, 2.05) is 0 Å². The average molecular weight is 131 g/mol. The molecule has 0 aromatic carbocycles. The highest BCUT2D eigenvalue weighted by Crippen LogP contribution is 2.14. The number of epoxide rings is 1. The summed E-state index contributed by atoms with van der Waals surface area (Å²) in [4.78, 5) is 10.1. The fourth-order valence-corrected chi connectivity index (χ4v) is 0.588. The van der Waals surface area contributed by atoms with Crippen LogP contribution in [-0.4, -0.2) is 29.8 Å². The maximum absolute atomic E-state index is 10.1. The normalized spacial score (nSPS) is 27.4. The Morgan fingerprint density at radius 3 is 2.89 bits per heavy atom. The van der Waals surface area contributed by atoms with Gasteiger partial charge < -0.3 is 15.6 Å². The first kappa shape index (κ1) is 6.51. The van der Waals surface area contributed by atoms with Crippen molar-refractivity contribution in [3.8, 4) is 0 Å². The second-order valence-electron chi connectivity index (χ2n) is 2.14. The summed E-state index contributed by atoms with van der Waals surface area (Å²) in [6.45, 7) is 0.668. The summed E-state index contributed by atoms with van der Waals surface area (Å²) in [7, 11) is 0. The van der Waals surface area contributed by atoms with Crippen molar-refractivity contribution in [2.24, 2.45) is 5.73 Å². The number of aliphatic carboxylic acids is 1. The number of ether oxygens (including phenoxy) is 1. The SMILES string of the molecule is N[C@@H](CC1CO1)C(=O)O. The molecule has 4 heteroatoms. The van der Waals surface area contributed by atoms with Crippen LogP contribution in [0.1, 0.15) is 6.42 Å². The van der Waals surface area contributed by atoms with Gasteiger partial charge >= 0.3 is 5.97 Å². The Morgan fingerprint density at radius 1 is 2.00 bits per heavy atom. The molecule has 3 N–H and O–H groups in total. The number of carbonyl (C=O) groups is 1. The molecule has 1 heterocycles. The number of carboxylic acid groups (broad SMARTS) is 1. The van der Waals surface area contributed by atoms with E-state index in [1.165, 1.54) is 0 Å². The van der Waals surface area contributed by atoms with Crippen LogP contribution in [0.25, 0.3) is 0 Å². The van der Waals surface area contributed by atoms with E-state index in [0.29, 0.717) is 13.0 Å². The van der Waals surface area contributed by atoms with Crippen LogP contribution in [0.2, 0.25) is 0 Å². The smallest absolute Gasteiger partial charge is 0.320 e. The summed E-state index contributed by atoms with van der Waals surface area (Å²) in [5, 5.41) is 8.28. The summed E-state index contributed by atoms with van der Waals surface area (Å²) >= 11 is 0. The summed E-state index contributed by atoms with van der Waals surface area (Å²) in [6.07, 6.45) is 0.547. The molecule has 0 saturated carbocycles. The van der Waals surface area contributed by atoms with Crippen LogP contribution in [0.5, 0.6) is 0 Å². The second kappa shape index (κ2) is 2.33. The lowest BCUT2D eigenvalue weighted by atomic mass is 10.2. The molecule has 52 valence electrons. The lowest BCUT2D eigenvalue weighted by Crippen LogP contribution is -2.31. The van der Waals surface area contributed by atoms with Gasteiger partial charge in [0.05, 0.1) is 12.7 Å². The minimum atomic E-state index is -0.953. The maximum Gasteiger partial charge on any atom is 0.320 e. The molecule has 0 amide bonds. The minimum Gasteiger partial charge on any atom is -0.480 e. The molecule has 0 aliphatic carbocycles. The molecule has 1 aliphatic rings. The van der Waals surface area contributed by atoms with Crippen LogP contribution < -0.4 is 5.73 Å². The summed E-state index contributed by atoms with van der Waals surface area (Å²) in [6, 6.07) is -0.752. The van der Waals surface area contributed by atoms with Gasteiger partial charge in [-0.1, -0.05) is 0 Å². The summed E-state index contributed by atoms with van der Waals surface area (Å²) in [5.41, 5.74) is 5.18. The summed E-state index contributed by atoms with van der Waals surface area (Å²) < 4.78 is 4.79. The fraction of sp³-hybridized carbons (Fsp3) is 0.800. The minimum absolute atomic E-state index is 0.107. The molecule has 0 radical (unpaired) electrons. The highest BCUT2D eigenvalue weighted by Gasteiger charge is 2.27. The molecule has 1 rings (SSSR count). The zero-order valence-corrected chi connectivity index (χ0v) is 4.91. The average Bonchev–Trinajstić information content (AvgIpc) is 2.50. The highest BCUT2D eigenvalue weighted by atomic mass is 16.6. The van der Waals surface area contributed by atoms with Gasteiger partial charge in [0.15, 0.2) is 0 Å². The van der Waals surface area contributed by atoms with Gasteiger partial charge in [0, 0.05) is 6.42 Å². The zero-order valence-electron chi connectivity index (χ0n) is 4.91. The van der Waals surface area contributed by atoms with E-state index in [2.05, 4.69) is 0 Å². The Labute approximate surface area is 52.6 Å². The van der Waals surface area contributed by atoms with Gasteiger partial charge in [-0.05, 0) is 0 Å². The van der Waals surface area contributed by atoms with Crippen molar-refractivity contribution in [3.05, 3.63) is 0 Å². The van der Waals surface area contributed by atoms with Crippen LogP contribution in [0, 0.1) is 0 Å². The van der Waals surface area contributed by atoms with Crippen molar-refractivity contribution in [1.82, 2.24) is 0 Å². The van der Waals surface area contributed by atoms with Crippen molar-refractivity contribution in [2.75, 3.05) is 6.61 Å². The van der Waals surface area contributed by atoms with Crippen LogP contribution >= 0.6 is 0 Å².